The van der Waals surface area contributed by atoms with Gasteiger partial charge in [0.25, 0.3) is 11.7 Å². The Balaban J connectivity index is 1.87. The second-order valence-electron chi connectivity index (χ2n) is 7.16. The van der Waals surface area contributed by atoms with Gasteiger partial charge in [-0.25, -0.2) is 0 Å². The van der Waals surface area contributed by atoms with E-state index in [2.05, 4.69) is 0 Å². The maximum Gasteiger partial charge on any atom is 0.295 e. The average Bonchev–Trinajstić information content (AvgIpc) is 3.34. The SMILES string of the molecule is CCCCN1C(=O)C(=O)/C(=C(/O)c2ccc3c(c2)OCO3)C1c1ccccc1OC. The molecule has 0 aromatic heterocycles. The number of amides is 1. The monoisotopic (exact) mass is 409 g/mol. The van der Waals surface area contributed by atoms with Crippen molar-refractivity contribution in [2.24, 2.45) is 0 Å². The van der Waals surface area contributed by atoms with Crippen LogP contribution in [0.2, 0.25) is 0 Å². The zero-order chi connectivity index (χ0) is 21.3. The van der Waals surface area contributed by atoms with Crippen LogP contribution in [0, 0.1) is 0 Å². The number of hydrogen-bond donors (Lipinski definition) is 1. The molecule has 2 heterocycles. The fourth-order valence-corrected chi connectivity index (χ4v) is 3.85. The molecule has 0 aliphatic carbocycles. The highest BCUT2D eigenvalue weighted by Crippen LogP contribution is 2.43. The molecule has 0 spiro atoms. The van der Waals surface area contributed by atoms with Crippen LogP contribution in [0.3, 0.4) is 0 Å². The number of aliphatic hydroxyl groups excluding tert-OH is 1. The first-order valence-corrected chi connectivity index (χ1v) is 9.88. The van der Waals surface area contributed by atoms with E-state index < -0.39 is 17.7 Å². The molecule has 30 heavy (non-hydrogen) atoms. The number of Topliss-reactive ketones (excluding diaryl/α,β-unsaturated/α-hetero) is 1. The number of ketones is 1. The number of methoxy groups -OCH3 is 1. The van der Waals surface area contributed by atoms with E-state index in [1.54, 1.807) is 30.3 Å². The smallest absolute Gasteiger partial charge is 0.295 e. The minimum atomic E-state index is -0.738. The number of carbonyl (C=O) groups excluding carboxylic acids is 2. The molecule has 2 aliphatic rings. The third kappa shape index (κ3) is 3.26. The maximum absolute atomic E-state index is 13.0. The van der Waals surface area contributed by atoms with Gasteiger partial charge in [0.1, 0.15) is 11.5 Å². The van der Waals surface area contributed by atoms with Gasteiger partial charge in [0.2, 0.25) is 6.79 Å². The van der Waals surface area contributed by atoms with Crippen molar-refractivity contribution in [3.05, 3.63) is 59.2 Å². The summed E-state index contributed by atoms with van der Waals surface area (Å²) in [5.74, 6) is 0.00666. The molecule has 1 fully saturated rings. The second-order valence-corrected chi connectivity index (χ2v) is 7.16. The van der Waals surface area contributed by atoms with Crippen LogP contribution in [0.1, 0.15) is 36.9 Å². The standard InChI is InChI=1S/C23H23NO6/c1-3-4-11-24-20(15-7-5-6-8-16(15)28-2)19(22(26)23(24)27)21(25)14-9-10-17-18(12-14)30-13-29-17/h5-10,12,20,25H,3-4,11,13H2,1-2H3/b21-19+. The van der Waals surface area contributed by atoms with Crippen molar-refractivity contribution in [1.29, 1.82) is 0 Å². The Hall–Kier alpha value is -3.48. The molecule has 0 bridgehead atoms. The zero-order valence-electron chi connectivity index (χ0n) is 16.9. The number of para-hydroxylation sites is 1. The first-order valence-electron chi connectivity index (χ1n) is 9.88. The molecule has 1 amide bonds. The average molecular weight is 409 g/mol. The third-order valence-electron chi connectivity index (χ3n) is 5.37. The first kappa shape index (κ1) is 19.8. The number of likely N-dealkylation sites (tertiary alicyclic amines) is 1. The van der Waals surface area contributed by atoms with Crippen molar-refractivity contribution in [3.8, 4) is 17.2 Å². The molecule has 1 unspecified atom stereocenters. The fraction of sp³-hybridized carbons (Fsp3) is 0.304. The number of unbranched alkanes of at least 4 members (excludes halogenated alkanes) is 1. The minimum absolute atomic E-state index is 0.0412. The Labute approximate surface area is 174 Å². The number of hydrogen-bond acceptors (Lipinski definition) is 6. The molecular weight excluding hydrogens is 386 g/mol. The molecular formula is C23H23NO6. The number of nitrogens with zero attached hydrogens (tertiary/aromatic N) is 1. The van der Waals surface area contributed by atoms with Gasteiger partial charge in [-0.3, -0.25) is 9.59 Å². The van der Waals surface area contributed by atoms with Crippen molar-refractivity contribution >= 4 is 17.4 Å². The highest BCUT2D eigenvalue weighted by atomic mass is 16.7. The molecule has 1 N–H and O–H groups in total. The first-order chi connectivity index (χ1) is 14.6. The van der Waals surface area contributed by atoms with E-state index >= 15 is 0 Å². The van der Waals surface area contributed by atoms with Gasteiger partial charge in [-0.2, -0.15) is 0 Å². The van der Waals surface area contributed by atoms with Gasteiger partial charge in [0.05, 0.1) is 18.7 Å². The van der Waals surface area contributed by atoms with Crippen LogP contribution in [-0.4, -0.2) is 42.1 Å². The van der Waals surface area contributed by atoms with Crippen LogP contribution in [0.5, 0.6) is 17.2 Å². The van der Waals surface area contributed by atoms with Gasteiger partial charge < -0.3 is 24.2 Å². The van der Waals surface area contributed by atoms with Crippen molar-refractivity contribution in [1.82, 2.24) is 4.90 Å². The van der Waals surface area contributed by atoms with Gasteiger partial charge in [0, 0.05) is 17.7 Å². The molecule has 7 heteroatoms. The predicted molar refractivity (Wildman–Crippen MR) is 109 cm³/mol. The lowest BCUT2D eigenvalue weighted by atomic mass is 9.94. The summed E-state index contributed by atoms with van der Waals surface area (Å²) in [6.45, 7) is 2.52. The van der Waals surface area contributed by atoms with E-state index in [1.807, 2.05) is 19.1 Å². The van der Waals surface area contributed by atoms with Gasteiger partial charge >= 0.3 is 0 Å². The van der Waals surface area contributed by atoms with Crippen molar-refractivity contribution in [2.75, 3.05) is 20.4 Å². The summed E-state index contributed by atoms with van der Waals surface area (Å²) in [5, 5.41) is 11.1. The van der Waals surface area contributed by atoms with E-state index in [-0.39, 0.29) is 18.1 Å². The predicted octanol–water partition coefficient (Wildman–Crippen LogP) is 3.65. The highest BCUT2D eigenvalue weighted by molar-refractivity contribution is 6.46. The lowest BCUT2D eigenvalue weighted by molar-refractivity contribution is -0.139. The number of aliphatic hydroxyl groups is 1. The number of carbonyl (C=O) groups is 2. The molecule has 1 atom stereocenters. The van der Waals surface area contributed by atoms with Crippen LogP contribution in [0.4, 0.5) is 0 Å². The number of rotatable bonds is 6. The van der Waals surface area contributed by atoms with Crippen molar-refractivity contribution < 1.29 is 28.9 Å². The number of fused-ring (bicyclic) bond motifs is 1. The Kier molecular flexibility index (Phi) is 5.35. The summed E-state index contributed by atoms with van der Waals surface area (Å²) in [6.07, 6.45) is 1.60. The largest absolute Gasteiger partial charge is 0.507 e. The Morgan fingerprint density at radius 1 is 1.17 bits per heavy atom. The van der Waals surface area contributed by atoms with Crippen LogP contribution < -0.4 is 14.2 Å². The van der Waals surface area contributed by atoms with Gasteiger partial charge in [0.15, 0.2) is 11.5 Å². The lowest BCUT2D eigenvalue weighted by Gasteiger charge is -2.26. The summed E-state index contributed by atoms with van der Waals surface area (Å²) < 4.78 is 16.2. The lowest BCUT2D eigenvalue weighted by Crippen LogP contribution is -2.30. The summed E-state index contributed by atoms with van der Waals surface area (Å²) in [5.41, 5.74) is 1.07. The molecule has 0 saturated carbocycles. The Morgan fingerprint density at radius 2 is 1.93 bits per heavy atom. The topological polar surface area (TPSA) is 85.3 Å². The molecule has 2 aromatic carbocycles. The van der Waals surface area contributed by atoms with Crippen molar-refractivity contribution in [2.45, 2.75) is 25.8 Å². The summed E-state index contributed by atoms with van der Waals surface area (Å²) >= 11 is 0. The van der Waals surface area contributed by atoms with E-state index in [0.717, 1.165) is 12.8 Å². The highest BCUT2D eigenvalue weighted by Gasteiger charge is 2.46. The van der Waals surface area contributed by atoms with E-state index in [4.69, 9.17) is 14.2 Å². The third-order valence-corrected chi connectivity index (χ3v) is 5.37. The maximum atomic E-state index is 13.0. The number of ether oxygens (including phenoxy) is 3. The summed E-state index contributed by atoms with van der Waals surface area (Å²) in [7, 11) is 1.54. The van der Waals surface area contributed by atoms with Crippen LogP contribution >= 0.6 is 0 Å². The normalized spacial score (nSPS) is 19.4. The molecule has 2 aromatic rings. The van der Waals surface area contributed by atoms with Crippen LogP contribution in [-0.2, 0) is 9.59 Å². The summed E-state index contributed by atoms with van der Waals surface area (Å²) in [6, 6.07) is 11.4. The Morgan fingerprint density at radius 3 is 2.70 bits per heavy atom. The van der Waals surface area contributed by atoms with Crippen LogP contribution in [0.25, 0.3) is 5.76 Å². The zero-order valence-corrected chi connectivity index (χ0v) is 16.9. The van der Waals surface area contributed by atoms with Crippen molar-refractivity contribution in [3.63, 3.8) is 0 Å². The van der Waals surface area contributed by atoms with E-state index in [9.17, 15) is 14.7 Å². The van der Waals surface area contributed by atoms with E-state index in [0.29, 0.717) is 34.9 Å². The van der Waals surface area contributed by atoms with Gasteiger partial charge in [-0.05, 0) is 30.7 Å². The molecule has 0 radical (unpaired) electrons. The molecule has 2 aliphatic heterocycles. The van der Waals surface area contributed by atoms with Crippen LogP contribution in [0.15, 0.2) is 48.0 Å². The Bertz CT molecular complexity index is 1030. The second kappa shape index (κ2) is 8.10. The fourth-order valence-electron chi connectivity index (χ4n) is 3.85. The molecule has 1 saturated heterocycles. The molecule has 7 nitrogen and oxygen atoms in total. The van der Waals surface area contributed by atoms with Gasteiger partial charge in [-0.15, -0.1) is 0 Å². The van der Waals surface area contributed by atoms with Gasteiger partial charge in [-0.1, -0.05) is 31.5 Å². The minimum Gasteiger partial charge on any atom is -0.507 e. The molecule has 156 valence electrons. The number of benzene rings is 2. The van der Waals surface area contributed by atoms with E-state index in [1.165, 1.54) is 12.0 Å². The quantitative estimate of drug-likeness (QED) is 0.445. The molecule has 4 rings (SSSR count). The summed E-state index contributed by atoms with van der Waals surface area (Å²) in [4.78, 5) is 27.4.